The van der Waals surface area contributed by atoms with E-state index in [2.05, 4.69) is 0 Å². The van der Waals surface area contributed by atoms with Gasteiger partial charge in [-0.25, -0.2) is 8.42 Å². The van der Waals surface area contributed by atoms with E-state index in [4.69, 9.17) is 4.42 Å². The quantitative estimate of drug-likeness (QED) is 0.496. The Labute approximate surface area is 144 Å². The minimum Gasteiger partial charge on any atom is -0.467 e. The van der Waals surface area contributed by atoms with Crippen molar-refractivity contribution >= 4 is 21.4 Å². The van der Waals surface area contributed by atoms with Gasteiger partial charge in [-0.15, -0.1) is 0 Å². The van der Waals surface area contributed by atoms with Crippen LogP contribution < -0.4 is 4.31 Å². The first-order valence-electron chi connectivity index (χ1n) is 7.34. The first-order valence-corrected chi connectivity index (χ1v) is 8.78. The highest BCUT2D eigenvalue weighted by molar-refractivity contribution is 7.93. The van der Waals surface area contributed by atoms with Crippen LogP contribution in [0.5, 0.6) is 0 Å². The molecule has 128 valence electrons. The Hall–Kier alpha value is -3.13. The molecular formula is C17H14N2O5S. The number of benzene rings is 2. The number of nitro benzene ring substituents is 1. The van der Waals surface area contributed by atoms with Crippen molar-refractivity contribution in [3.8, 4) is 0 Å². The maximum Gasteiger partial charge on any atom is 0.289 e. The summed E-state index contributed by atoms with van der Waals surface area (Å²) >= 11 is 0. The molecule has 0 spiro atoms. The number of nitrogens with zero attached hydrogens (tertiary/aromatic N) is 2. The third-order valence-electron chi connectivity index (χ3n) is 3.55. The number of para-hydroxylation sites is 2. The molecule has 0 N–H and O–H groups in total. The molecule has 25 heavy (non-hydrogen) atoms. The summed E-state index contributed by atoms with van der Waals surface area (Å²) in [4.78, 5) is 10.2. The molecule has 3 aromatic rings. The van der Waals surface area contributed by atoms with Gasteiger partial charge in [0.05, 0.1) is 23.4 Å². The maximum absolute atomic E-state index is 13.2. The standard InChI is InChI=1S/C17H14N2O5S/c20-19(21)16-10-4-5-11-17(16)25(22,23)18(13-15-9-6-12-24-15)14-7-2-1-3-8-14/h1-12H,13H2. The highest BCUT2D eigenvalue weighted by Crippen LogP contribution is 2.31. The zero-order valence-corrected chi connectivity index (χ0v) is 13.8. The maximum atomic E-state index is 13.2. The average molecular weight is 358 g/mol. The van der Waals surface area contributed by atoms with Gasteiger partial charge in [0.1, 0.15) is 5.76 Å². The number of sulfonamides is 1. The highest BCUT2D eigenvalue weighted by Gasteiger charge is 2.32. The van der Waals surface area contributed by atoms with Gasteiger partial charge >= 0.3 is 0 Å². The van der Waals surface area contributed by atoms with Gasteiger partial charge in [0.15, 0.2) is 4.90 Å². The number of furan rings is 1. The zero-order chi connectivity index (χ0) is 17.9. The second kappa shape index (κ2) is 6.78. The number of hydrogen-bond acceptors (Lipinski definition) is 5. The molecule has 0 radical (unpaired) electrons. The van der Waals surface area contributed by atoms with E-state index in [1.807, 2.05) is 0 Å². The Morgan fingerprint density at radius 1 is 0.960 bits per heavy atom. The van der Waals surface area contributed by atoms with Gasteiger partial charge in [-0.2, -0.15) is 0 Å². The molecule has 0 saturated carbocycles. The summed E-state index contributed by atoms with van der Waals surface area (Å²) in [5.41, 5.74) is -0.0834. The molecule has 0 aliphatic heterocycles. The SMILES string of the molecule is O=[N+]([O-])c1ccccc1S(=O)(=O)N(Cc1ccco1)c1ccccc1. The normalized spacial score (nSPS) is 11.2. The lowest BCUT2D eigenvalue weighted by molar-refractivity contribution is -0.387. The van der Waals surface area contributed by atoms with E-state index in [0.717, 1.165) is 4.31 Å². The van der Waals surface area contributed by atoms with E-state index in [1.165, 1.54) is 30.5 Å². The van der Waals surface area contributed by atoms with Gasteiger partial charge in [0.25, 0.3) is 15.7 Å². The van der Waals surface area contributed by atoms with E-state index >= 15 is 0 Å². The van der Waals surface area contributed by atoms with Crippen molar-refractivity contribution in [1.82, 2.24) is 0 Å². The molecule has 2 aromatic carbocycles. The smallest absolute Gasteiger partial charge is 0.289 e. The molecule has 0 unspecified atom stereocenters. The molecule has 1 aromatic heterocycles. The van der Waals surface area contributed by atoms with E-state index in [9.17, 15) is 18.5 Å². The largest absolute Gasteiger partial charge is 0.467 e. The van der Waals surface area contributed by atoms with Crippen LogP contribution in [0.4, 0.5) is 11.4 Å². The van der Waals surface area contributed by atoms with Crippen LogP contribution in [0.3, 0.4) is 0 Å². The molecule has 7 nitrogen and oxygen atoms in total. The van der Waals surface area contributed by atoms with E-state index < -0.39 is 20.6 Å². The van der Waals surface area contributed by atoms with Crippen LogP contribution in [0.15, 0.2) is 82.3 Å². The summed E-state index contributed by atoms with van der Waals surface area (Å²) in [5.74, 6) is 0.422. The molecule has 1 heterocycles. The lowest BCUT2D eigenvalue weighted by atomic mass is 10.3. The summed E-state index contributed by atoms with van der Waals surface area (Å²) in [6.07, 6.45) is 1.44. The Bertz CT molecular complexity index is 969. The molecule has 0 bridgehead atoms. The van der Waals surface area contributed by atoms with Gasteiger partial charge in [-0.05, 0) is 30.3 Å². The van der Waals surface area contributed by atoms with Crippen molar-refractivity contribution in [2.45, 2.75) is 11.4 Å². The van der Waals surface area contributed by atoms with Gasteiger partial charge in [-0.3, -0.25) is 14.4 Å². The first-order chi connectivity index (χ1) is 12.0. The minimum atomic E-state index is -4.17. The van der Waals surface area contributed by atoms with E-state index in [-0.39, 0.29) is 11.4 Å². The van der Waals surface area contributed by atoms with Gasteiger partial charge < -0.3 is 4.42 Å². The van der Waals surface area contributed by atoms with E-state index in [1.54, 1.807) is 42.5 Å². The third kappa shape index (κ3) is 3.38. The van der Waals surface area contributed by atoms with E-state index in [0.29, 0.717) is 11.4 Å². The monoisotopic (exact) mass is 358 g/mol. The van der Waals surface area contributed by atoms with Crippen LogP contribution in [0.25, 0.3) is 0 Å². The molecule has 0 amide bonds. The second-order valence-electron chi connectivity index (χ2n) is 5.15. The number of rotatable bonds is 6. The molecule has 0 saturated heterocycles. The summed E-state index contributed by atoms with van der Waals surface area (Å²) in [6.45, 7) is -0.0780. The van der Waals surface area contributed by atoms with Gasteiger partial charge in [0.2, 0.25) is 0 Å². The van der Waals surface area contributed by atoms with Crippen molar-refractivity contribution in [3.05, 3.63) is 88.9 Å². The molecule has 0 atom stereocenters. The Morgan fingerprint density at radius 2 is 1.64 bits per heavy atom. The summed E-state index contributed by atoms with van der Waals surface area (Å²) < 4.78 is 32.7. The summed E-state index contributed by atoms with van der Waals surface area (Å²) in [6, 6.07) is 17.0. The third-order valence-corrected chi connectivity index (χ3v) is 5.37. The number of nitro groups is 1. The molecule has 3 rings (SSSR count). The van der Waals surface area contributed by atoms with Crippen molar-refractivity contribution in [3.63, 3.8) is 0 Å². The fourth-order valence-corrected chi connectivity index (χ4v) is 3.99. The topological polar surface area (TPSA) is 93.7 Å². The Balaban J connectivity index is 2.13. The van der Waals surface area contributed by atoms with Gasteiger partial charge in [0, 0.05) is 6.07 Å². The van der Waals surface area contributed by atoms with Crippen LogP contribution in [0.1, 0.15) is 5.76 Å². The lowest BCUT2D eigenvalue weighted by Crippen LogP contribution is -2.30. The molecule has 0 aliphatic rings. The van der Waals surface area contributed by atoms with Crippen LogP contribution in [0, 0.1) is 10.1 Å². The van der Waals surface area contributed by atoms with Crippen molar-refractivity contribution in [2.24, 2.45) is 0 Å². The van der Waals surface area contributed by atoms with Crippen molar-refractivity contribution in [2.75, 3.05) is 4.31 Å². The molecule has 0 fully saturated rings. The highest BCUT2D eigenvalue weighted by atomic mass is 32.2. The predicted molar refractivity (Wildman–Crippen MR) is 91.6 cm³/mol. The fourth-order valence-electron chi connectivity index (χ4n) is 2.40. The van der Waals surface area contributed by atoms with Crippen molar-refractivity contribution < 1.29 is 17.8 Å². The molecular weight excluding hydrogens is 344 g/mol. The van der Waals surface area contributed by atoms with Crippen LogP contribution in [-0.2, 0) is 16.6 Å². The van der Waals surface area contributed by atoms with Crippen molar-refractivity contribution in [1.29, 1.82) is 0 Å². The number of anilines is 1. The van der Waals surface area contributed by atoms with Gasteiger partial charge in [-0.1, -0.05) is 30.3 Å². The summed E-state index contributed by atoms with van der Waals surface area (Å²) in [5, 5.41) is 11.2. The zero-order valence-electron chi connectivity index (χ0n) is 13.0. The summed E-state index contributed by atoms with van der Waals surface area (Å²) in [7, 11) is -4.17. The minimum absolute atomic E-state index is 0.0780. The predicted octanol–water partition coefficient (Wildman–Crippen LogP) is 3.58. The average Bonchev–Trinajstić information content (AvgIpc) is 3.13. The Morgan fingerprint density at radius 3 is 2.28 bits per heavy atom. The van der Waals surface area contributed by atoms with Crippen LogP contribution in [0.2, 0.25) is 0 Å². The molecule has 8 heteroatoms. The first kappa shape index (κ1) is 16.7. The molecule has 0 aliphatic carbocycles. The lowest BCUT2D eigenvalue weighted by Gasteiger charge is -2.23. The number of hydrogen-bond donors (Lipinski definition) is 0. The van der Waals surface area contributed by atoms with Crippen LogP contribution in [-0.4, -0.2) is 13.3 Å². The fraction of sp³-hybridized carbons (Fsp3) is 0.0588. The van der Waals surface area contributed by atoms with Crippen LogP contribution >= 0.6 is 0 Å². The Kier molecular flexibility index (Phi) is 4.53. The second-order valence-corrected chi connectivity index (χ2v) is 6.98.